The Morgan fingerprint density at radius 3 is 2.90 bits per heavy atom. The van der Waals surface area contributed by atoms with Crippen LogP contribution in [-0.4, -0.2) is 15.7 Å². The number of cyclic esters (lactones) is 1. The number of hydrogen-bond donors (Lipinski definition) is 0. The number of nitrogens with zero attached hydrogens (tertiary/aromatic N) is 2. The molecule has 0 N–H and O–H groups in total. The summed E-state index contributed by atoms with van der Waals surface area (Å²) in [6.07, 6.45) is 3.87. The molecule has 2 heterocycles. The third-order valence-electron chi connectivity index (χ3n) is 3.35. The molecule has 3 rings (SSSR count). The first-order valence-electron chi connectivity index (χ1n) is 6.22. The van der Waals surface area contributed by atoms with Gasteiger partial charge in [-0.25, -0.2) is 4.79 Å². The molecule has 1 atom stereocenters. The van der Waals surface area contributed by atoms with Gasteiger partial charge in [-0.05, 0) is 17.7 Å². The van der Waals surface area contributed by atoms with E-state index in [-0.39, 0.29) is 12.1 Å². The summed E-state index contributed by atoms with van der Waals surface area (Å²) in [5, 5.41) is 4.80. The van der Waals surface area contributed by atoms with Crippen molar-refractivity contribution in [2.24, 2.45) is 7.05 Å². The second kappa shape index (κ2) is 4.80. The van der Waals surface area contributed by atoms with E-state index >= 15 is 0 Å². The first-order chi connectivity index (χ1) is 9.54. The molecule has 1 aromatic heterocycles. The highest BCUT2D eigenvalue weighted by Gasteiger charge is 2.30. The van der Waals surface area contributed by atoms with Gasteiger partial charge < -0.3 is 4.74 Å². The van der Waals surface area contributed by atoms with Gasteiger partial charge in [-0.1, -0.05) is 24.2 Å². The van der Waals surface area contributed by atoms with Crippen molar-refractivity contribution in [1.82, 2.24) is 9.78 Å². The van der Waals surface area contributed by atoms with Crippen molar-refractivity contribution in [3.63, 3.8) is 0 Å². The van der Waals surface area contributed by atoms with E-state index in [1.807, 2.05) is 25.4 Å². The summed E-state index contributed by atoms with van der Waals surface area (Å²) in [5.74, 6) is -0.331. The minimum atomic E-state index is -0.331. The number of aryl methyl sites for hydroxylation is 1. The molecule has 4 nitrogen and oxygen atoms in total. The van der Waals surface area contributed by atoms with E-state index in [0.29, 0.717) is 17.0 Å². The zero-order valence-corrected chi connectivity index (χ0v) is 11.7. The van der Waals surface area contributed by atoms with Crippen molar-refractivity contribution < 1.29 is 9.53 Å². The van der Waals surface area contributed by atoms with Crippen molar-refractivity contribution in [2.45, 2.75) is 12.5 Å². The summed E-state index contributed by atoms with van der Waals surface area (Å²) in [5.41, 5.74) is 3.30. The second-order valence-corrected chi connectivity index (χ2v) is 5.27. The van der Waals surface area contributed by atoms with E-state index in [1.54, 1.807) is 16.9 Å². The maximum absolute atomic E-state index is 11.5. The standard InChI is InChI=1S/C15H13ClN2O2/c1-9-5-14(20-15(9)19)12-4-3-11(16)6-13(12)10-7-17-18(2)8-10/h3-4,6-8,14H,1,5H2,2H3. The zero-order chi connectivity index (χ0) is 14.3. The highest BCUT2D eigenvalue weighted by molar-refractivity contribution is 6.30. The predicted octanol–water partition coefficient (Wildman–Crippen LogP) is 3.28. The van der Waals surface area contributed by atoms with Gasteiger partial charge in [0.15, 0.2) is 0 Å². The van der Waals surface area contributed by atoms with Crippen LogP contribution in [0.5, 0.6) is 0 Å². The van der Waals surface area contributed by atoms with E-state index in [4.69, 9.17) is 16.3 Å². The van der Waals surface area contributed by atoms with Crippen LogP contribution in [0.1, 0.15) is 18.1 Å². The van der Waals surface area contributed by atoms with Crippen LogP contribution in [0, 0.1) is 0 Å². The van der Waals surface area contributed by atoms with Crippen LogP contribution in [-0.2, 0) is 16.6 Å². The van der Waals surface area contributed by atoms with E-state index in [2.05, 4.69) is 11.7 Å². The summed E-state index contributed by atoms with van der Waals surface area (Å²) in [6.45, 7) is 3.72. The lowest BCUT2D eigenvalue weighted by Crippen LogP contribution is -2.00. The maximum atomic E-state index is 11.5. The Morgan fingerprint density at radius 2 is 2.30 bits per heavy atom. The Bertz CT molecular complexity index is 690. The molecule has 2 aromatic rings. The van der Waals surface area contributed by atoms with Gasteiger partial charge >= 0.3 is 5.97 Å². The summed E-state index contributed by atoms with van der Waals surface area (Å²) in [6, 6.07) is 5.55. The lowest BCUT2D eigenvalue weighted by molar-refractivity contribution is -0.139. The van der Waals surface area contributed by atoms with Gasteiger partial charge in [-0.3, -0.25) is 4.68 Å². The SMILES string of the molecule is C=C1CC(c2ccc(Cl)cc2-c2cnn(C)c2)OC1=O. The summed E-state index contributed by atoms with van der Waals surface area (Å²) < 4.78 is 7.08. The van der Waals surface area contributed by atoms with Crippen molar-refractivity contribution in [2.75, 3.05) is 0 Å². The van der Waals surface area contributed by atoms with Crippen LogP contribution in [0.4, 0.5) is 0 Å². The number of ether oxygens (including phenoxy) is 1. The van der Waals surface area contributed by atoms with Crippen LogP contribution in [0.25, 0.3) is 11.1 Å². The van der Waals surface area contributed by atoms with Gasteiger partial charge in [0.1, 0.15) is 6.10 Å². The van der Waals surface area contributed by atoms with Crippen molar-refractivity contribution in [1.29, 1.82) is 0 Å². The molecule has 0 amide bonds. The van der Waals surface area contributed by atoms with Crippen LogP contribution < -0.4 is 0 Å². The van der Waals surface area contributed by atoms with Gasteiger partial charge in [0.2, 0.25) is 0 Å². The topological polar surface area (TPSA) is 44.1 Å². The van der Waals surface area contributed by atoms with Crippen molar-refractivity contribution in [3.8, 4) is 11.1 Å². The Labute approximate surface area is 121 Å². The Hall–Kier alpha value is -2.07. The molecule has 0 bridgehead atoms. The molecule has 5 heteroatoms. The fraction of sp³-hybridized carbons (Fsp3) is 0.200. The van der Waals surface area contributed by atoms with Crippen LogP contribution >= 0.6 is 11.6 Å². The average Bonchev–Trinajstić information content (AvgIpc) is 2.97. The number of halogens is 1. The molecule has 1 aliphatic rings. The van der Waals surface area contributed by atoms with Gasteiger partial charge in [0.05, 0.1) is 6.20 Å². The van der Waals surface area contributed by atoms with Crippen LogP contribution in [0.2, 0.25) is 5.02 Å². The van der Waals surface area contributed by atoms with Gasteiger partial charge in [0, 0.05) is 41.4 Å². The quantitative estimate of drug-likeness (QED) is 0.629. The fourth-order valence-corrected chi connectivity index (χ4v) is 2.53. The molecule has 1 aliphatic heterocycles. The first kappa shape index (κ1) is 12.9. The Kier molecular flexibility index (Phi) is 3.10. The summed E-state index contributed by atoms with van der Waals surface area (Å²) in [4.78, 5) is 11.5. The van der Waals surface area contributed by atoms with Gasteiger partial charge in [0.25, 0.3) is 0 Å². The Morgan fingerprint density at radius 1 is 1.50 bits per heavy atom. The second-order valence-electron chi connectivity index (χ2n) is 4.84. The molecule has 1 fully saturated rings. The number of rotatable bonds is 2. The van der Waals surface area contributed by atoms with E-state index < -0.39 is 0 Å². The molecular formula is C15H13ClN2O2. The largest absolute Gasteiger partial charge is 0.454 e. The summed E-state index contributed by atoms with van der Waals surface area (Å²) in [7, 11) is 1.85. The lowest BCUT2D eigenvalue weighted by Gasteiger charge is -2.14. The van der Waals surface area contributed by atoms with Crippen molar-refractivity contribution in [3.05, 3.63) is 53.3 Å². The number of carbonyl (C=O) groups is 1. The number of hydrogen-bond acceptors (Lipinski definition) is 3. The summed E-state index contributed by atoms with van der Waals surface area (Å²) >= 11 is 6.09. The molecule has 0 aliphatic carbocycles. The molecule has 0 spiro atoms. The van der Waals surface area contributed by atoms with E-state index in [9.17, 15) is 4.79 Å². The number of benzene rings is 1. The molecule has 1 unspecified atom stereocenters. The minimum Gasteiger partial charge on any atom is -0.454 e. The number of aromatic nitrogens is 2. The fourth-order valence-electron chi connectivity index (χ4n) is 2.35. The highest BCUT2D eigenvalue weighted by atomic mass is 35.5. The number of carbonyl (C=O) groups excluding carboxylic acids is 1. The molecule has 0 radical (unpaired) electrons. The first-order valence-corrected chi connectivity index (χ1v) is 6.59. The normalized spacial score (nSPS) is 18.4. The predicted molar refractivity (Wildman–Crippen MR) is 76.2 cm³/mol. The molecule has 102 valence electrons. The minimum absolute atomic E-state index is 0.303. The van der Waals surface area contributed by atoms with Crippen molar-refractivity contribution >= 4 is 17.6 Å². The highest BCUT2D eigenvalue weighted by Crippen LogP contribution is 2.38. The molecule has 1 aromatic carbocycles. The molecule has 20 heavy (non-hydrogen) atoms. The maximum Gasteiger partial charge on any atom is 0.334 e. The van der Waals surface area contributed by atoms with E-state index in [0.717, 1.165) is 16.7 Å². The average molecular weight is 289 g/mol. The number of esters is 1. The zero-order valence-electron chi connectivity index (χ0n) is 11.0. The smallest absolute Gasteiger partial charge is 0.334 e. The van der Waals surface area contributed by atoms with Crippen LogP contribution in [0.3, 0.4) is 0 Å². The third-order valence-corrected chi connectivity index (χ3v) is 3.58. The van der Waals surface area contributed by atoms with E-state index in [1.165, 1.54) is 0 Å². The lowest BCUT2D eigenvalue weighted by atomic mass is 9.96. The van der Waals surface area contributed by atoms with Gasteiger partial charge in [-0.2, -0.15) is 5.10 Å². The van der Waals surface area contributed by atoms with Gasteiger partial charge in [-0.15, -0.1) is 0 Å². The molecular weight excluding hydrogens is 276 g/mol. The molecule has 0 saturated carbocycles. The van der Waals surface area contributed by atoms with Crippen LogP contribution in [0.15, 0.2) is 42.7 Å². The monoisotopic (exact) mass is 288 g/mol. The Balaban J connectivity index is 2.07. The molecule has 1 saturated heterocycles. The third kappa shape index (κ3) is 2.23.